The SMILES string of the molecule is O=c1[nH][nH]c(-c2ccc([N+](=O)[O-])cc2)c1N=Nc1ccccc1Br. The van der Waals surface area contributed by atoms with Gasteiger partial charge in [-0.1, -0.05) is 12.1 Å². The Morgan fingerprint density at radius 1 is 1.00 bits per heavy atom. The van der Waals surface area contributed by atoms with Gasteiger partial charge in [0.05, 0.1) is 16.3 Å². The van der Waals surface area contributed by atoms with Crippen molar-refractivity contribution in [2.75, 3.05) is 0 Å². The third-order valence-corrected chi connectivity index (χ3v) is 3.90. The fraction of sp³-hybridized carbons (Fsp3) is 0. The number of aromatic amines is 2. The van der Waals surface area contributed by atoms with Gasteiger partial charge in [-0.15, -0.1) is 10.2 Å². The molecule has 0 spiro atoms. The van der Waals surface area contributed by atoms with Crippen LogP contribution >= 0.6 is 15.9 Å². The van der Waals surface area contributed by atoms with Gasteiger partial charge >= 0.3 is 0 Å². The van der Waals surface area contributed by atoms with Crippen LogP contribution in [-0.2, 0) is 0 Å². The molecule has 0 bridgehead atoms. The zero-order valence-corrected chi connectivity index (χ0v) is 13.6. The Balaban J connectivity index is 1.99. The molecular weight excluding hydrogens is 378 g/mol. The lowest BCUT2D eigenvalue weighted by Gasteiger charge is -1.99. The minimum absolute atomic E-state index is 0.0342. The van der Waals surface area contributed by atoms with Crippen LogP contribution in [-0.4, -0.2) is 15.1 Å². The molecule has 0 fully saturated rings. The van der Waals surface area contributed by atoms with Crippen molar-refractivity contribution >= 4 is 33.0 Å². The van der Waals surface area contributed by atoms with Crippen LogP contribution in [0.15, 0.2) is 68.0 Å². The third-order valence-electron chi connectivity index (χ3n) is 3.23. The molecule has 24 heavy (non-hydrogen) atoms. The highest BCUT2D eigenvalue weighted by molar-refractivity contribution is 9.10. The molecule has 3 aromatic rings. The van der Waals surface area contributed by atoms with Crippen LogP contribution < -0.4 is 5.56 Å². The van der Waals surface area contributed by atoms with Crippen molar-refractivity contribution < 1.29 is 4.92 Å². The van der Waals surface area contributed by atoms with Crippen LogP contribution in [0.4, 0.5) is 17.1 Å². The van der Waals surface area contributed by atoms with Crippen molar-refractivity contribution in [3.63, 3.8) is 0 Å². The predicted molar refractivity (Wildman–Crippen MR) is 91.8 cm³/mol. The molecule has 0 saturated carbocycles. The van der Waals surface area contributed by atoms with E-state index in [2.05, 4.69) is 36.4 Å². The number of nitro benzene ring substituents is 1. The molecule has 8 nitrogen and oxygen atoms in total. The molecule has 0 unspecified atom stereocenters. The summed E-state index contributed by atoms with van der Waals surface area (Å²) >= 11 is 3.35. The van der Waals surface area contributed by atoms with E-state index in [0.717, 1.165) is 4.47 Å². The van der Waals surface area contributed by atoms with Gasteiger partial charge in [-0.25, -0.2) is 0 Å². The van der Waals surface area contributed by atoms with Gasteiger partial charge in [0.1, 0.15) is 0 Å². The first kappa shape index (κ1) is 15.8. The second-order valence-electron chi connectivity index (χ2n) is 4.76. The largest absolute Gasteiger partial charge is 0.295 e. The molecule has 2 N–H and O–H groups in total. The number of rotatable bonds is 4. The number of halogens is 1. The van der Waals surface area contributed by atoms with E-state index >= 15 is 0 Å². The van der Waals surface area contributed by atoms with E-state index in [1.165, 1.54) is 24.3 Å². The number of hydrogen-bond donors (Lipinski definition) is 2. The monoisotopic (exact) mass is 387 g/mol. The van der Waals surface area contributed by atoms with E-state index in [0.29, 0.717) is 16.9 Å². The Kier molecular flexibility index (Phi) is 4.34. The van der Waals surface area contributed by atoms with Crippen molar-refractivity contribution in [2.24, 2.45) is 10.2 Å². The van der Waals surface area contributed by atoms with Crippen molar-refractivity contribution in [3.8, 4) is 11.3 Å². The van der Waals surface area contributed by atoms with Crippen molar-refractivity contribution in [1.29, 1.82) is 0 Å². The summed E-state index contributed by atoms with van der Waals surface area (Å²) in [5.41, 5.74) is 1.20. The van der Waals surface area contributed by atoms with Crippen LogP contribution in [0.1, 0.15) is 0 Å². The highest BCUT2D eigenvalue weighted by Gasteiger charge is 2.13. The number of benzene rings is 2. The van der Waals surface area contributed by atoms with E-state index in [1.54, 1.807) is 12.1 Å². The van der Waals surface area contributed by atoms with Gasteiger partial charge in [-0.2, -0.15) is 0 Å². The van der Waals surface area contributed by atoms with E-state index in [1.807, 2.05) is 12.1 Å². The molecule has 9 heteroatoms. The first-order chi connectivity index (χ1) is 11.6. The van der Waals surface area contributed by atoms with E-state index < -0.39 is 10.5 Å². The smallest absolute Gasteiger partial charge is 0.292 e. The Bertz CT molecular complexity index is 975. The third kappa shape index (κ3) is 3.15. The van der Waals surface area contributed by atoms with E-state index in [4.69, 9.17) is 0 Å². The Morgan fingerprint density at radius 3 is 2.38 bits per heavy atom. The molecule has 3 rings (SSSR count). The molecule has 1 heterocycles. The quantitative estimate of drug-likeness (QED) is 0.390. The molecule has 0 aliphatic carbocycles. The zero-order chi connectivity index (χ0) is 17.1. The van der Waals surface area contributed by atoms with Crippen LogP contribution in [0.3, 0.4) is 0 Å². The molecule has 0 aliphatic rings. The molecule has 0 amide bonds. The lowest BCUT2D eigenvalue weighted by Crippen LogP contribution is -1.96. The van der Waals surface area contributed by atoms with Crippen molar-refractivity contribution in [2.45, 2.75) is 0 Å². The molecule has 1 aromatic heterocycles. The maximum atomic E-state index is 11.9. The molecule has 120 valence electrons. The summed E-state index contributed by atoms with van der Waals surface area (Å²) in [6.45, 7) is 0. The number of hydrogen-bond acceptors (Lipinski definition) is 5. The first-order valence-electron chi connectivity index (χ1n) is 6.78. The molecule has 0 saturated heterocycles. The number of aromatic nitrogens is 2. The van der Waals surface area contributed by atoms with Gasteiger partial charge < -0.3 is 0 Å². The second-order valence-corrected chi connectivity index (χ2v) is 5.61. The Hall–Kier alpha value is -3.07. The predicted octanol–water partition coefficient (Wildman–Crippen LogP) is 4.46. The summed E-state index contributed by atoms with van der Waals surface area (Å²) in [5, 5.41) is 24.0. The number of nitrogens with one attached hydrogen (secondary N) is 2. The van der Waals surface area contributed by atoms with Crippen molar-refractivity contribution in [1.82, 2.24) is 10.2 Å². The van der Waals surface area contributed by atoms with E-state index in [9.17, 15) is 14.9 Å². The number of nitro groups is 1. The molecule has 0 radical (unpaired) electrons. The Morgan fingerprint density at radius 2 is 1.71 bits per heavy atom. The highest BCUT2D eigenvalue weighted by Crippen LogP contribution is 2.30. The molecular formula is C15H10BrN5O3. The summed E-state index contributed by atoms with van der Waals surface area (Å²) in [7, 11) is 0. The van der Waals surface area contributed by atoms with Gasteiger partial charge in [0.25, 0.3) is 11.2 Å². The molecule has 0 aliphatic heterocycles. The van der Waals surface area contributed by atoms with Crippen LogP contribution in [0, 0.1) is 10.1 Å². The fourth-order valence-corrected chi connectivity index (χ4v) is 2.41. The van der Waals surface area contributed by atoms with Crippen LogP contribution in [0.5, 0.6) is 0 Å². The molecule has 0 atom stereocenters. The minimum atomic E-state index is -0.489. The summed E-state index contributed by atoms with van der Waals surface area (Å²) in [6.07, 6.45) is 0. The lowest BCUT2D eigenvalue weighted by molar-refractivity contribution is -0.384. The maximum Gasteiger partial charge on any atom is 0.292 e. The van der Waals surface area contributed by atoms with E-state index in [-0.39, 0.29) is 11.4 Å². The van der Waals surface area contributed by atoms with Gasteiger partial charge in [0.15, 0.2) is 5.69 Å². The zero-order valence-electron chi connectivity index (χ0n) is 12.1. The van der Waals surface area contributed by atoms with Gasteiger partial charge in [-0.05, 0) is 40.2 Å². The normalized spacial score (nSPS) is 11.0. The summed E-state index contributed by atoms with van der Waals surface area (Å²) in [5.74, 6) is 0. The number of nitrogens with zero attached hydrogens (tertiary/aromatic N) is 3. The number of H-pyrrole nitrogens is 2. The van der Waals surface area contributed by atoms with Crippen LogP contribution in [0.25, 0.3) is 11.3 Å². The first-order valence-corrected chi connectivity index (χ1v) is 7.57. The topological polar surface area (TPSA) is 117 Å². The van der Waals surface area contributed by atoms with Gasteiger partial charge in [0, 0.05) is 22.2 Å². The fourth-order valence-electron chi connectivity index (χ4n) is 2.04. The highest BCUT2D eigenvalue weighted by atomic mass is 79.9. The second kappa shape index (κ2) is 6.59. The molecule has 2 aromatic carbocycles. The van der Waals surface area contributed by atoms with Crippen LogP contribution in [0.2, 0.25) is 0 Å². The van der Waals surface area contributed by atoms with Gasteiger partial charge in [0.2, 0.25) is 0 Å². The minimum Gasteiger partial charge on any atom is -0.295 e. The number of non-ortho nitro benzene ring substituents is 1. The average Bonchev–Trinajstić information content (AvgIpc) is 2.95. The van der Waals surface area contributed by atoms with Gasteiger partial charge in [-0.3, -0.25) is 25.1 Å². The Labute approximate surface area is 143 Å². The average molecular weight is 388 g/mol. The summed E-state index contributed by atoms with van der Waals surface area (Å²) < 4.78 is 0.748. The lowest BCUT2D eigenvalue weighted by atomic mass is 10.1. The standard InChI is InChI=1S/C15H10BrN5O3/c16-11-3-1-2-4-12(11)17-19-14-13(18-20-15(14)22)9-5-7-10(8-6-9)21(23)24/h1-8H,(H2,18,20,22). The summed E-state index contributed by atoms with van der Waals surface area (Å²) in [6, 6.07) is 13.0. The summed E-state index contributed by atoms with van der Waals surface area (Å²) in [4.78, 5) is 22.2. The van der Waals surface area contributed by atoms with Crippen molar-refractivity contribution in [3.05, 3.63) is 73.5 Å². The maximum absolute atomic E-state index is 11.9. The number of azo groups is 1.